The summed E-state index contributed by atoms with van der Waals surface area (Å²) in [5.41, 5.74) is 0.782. The Labute approximate surface area is 80.1 Å². The van der Waals surface area contributed by atoms with Crippen LogP contribution >= 0.6 is 0 Å². The van der Waals surface area contributed by atoms with Gasteiger partial charge >= 0.3 is 0 Å². The maximum absolute atomic E-state index is 4.29. The largest absolute Gasteiger partial charge is 0.104 e. The van der Waals surface area contributed by atoms with E-state index in [2.05, 4.69) is 52.8 Å². The normalized spacial score (nSPS) is 15.9. The van der Waals surface area contributed by atoms with Crippen molar-refractivity contribution < 1.29 is 0 Å². The standard InChI is InChI=1S/C10H24Si2/c1-9(11(3,4)5)10(2)12(6,7)8/h10H,1H2,2-8H3. The average Bonchev–Trinajstić information content (AvgIpc) is 1.80. The second-order valence-corrected chi connectivity index (χ2v) is 16.6. The van der Waals surface area contributed by atoms with Crippen molar-refractivity contribution in [2.24, 2.45) is 0 Å². The smallest absolute Gasteiger partial charge is 0.0716 e. The highest BCUT2D eigenvalue weighted by Gasteiger charge is 2.30. The molecule has 2 heteroatoms. The van der Waals surface area contributed by atoms with E-state index in [0.717, 1.165) is 5.54 Å². The van der Waals surface area contributed by atoms with Gasteiger partial charge in [-0.15, -0.1) is 6.58 Å². The zero-order chi connectivity index (χ0) is 10.2. The Hall–Kier alpha value is 0.174. The molecule has 0 aromatic rings. The number of hydrogen-bond acceptors (Lipinski definition) is 0. The fourth-order valence-corrected chi connectivity index (χ4v) is 6.11. The summed E-state index contributed by atoms with van der Waals surface area (Å²) in [6, 6.07) is 0. The molecule has 0 heterocycles. The lowest BCUT2D eigenvalue weighted by Crippen LogP contribution is -2.35. The highest BCUT2D eigenvalue weighted by Crippen LogP contribution is 2.33. The van der Waals surface area contributed by atoms with E-state index < -0.39 is 16.1 Å². The van der Waals surface area contributed by atoms with Crippen LogP contribution in [0.5, 0.6) is 0 Å². The lowest BCUT2D eigenvalue weighted by molar-refractivity contribution is 1.09. The van der Waals surface area contributed by atoms with Crippen molar-refractivity contribution in [3.8, 4) is 0 Å². The second-order valence-electron chi connectivity index (χ2n) is 5.86. The van der Waals surface area contributed by atoms with Crippen molar-refractivity contribution in [2.45, 2.75) is 51.7 Å². The lowest BCUT2D eigenvalue weighted by Gasteiger charge is -2.33. The van der Waals surface area contributed by atoms with Crippen LogP contribution in [-0.4, -0.2) is 16.1 Å². The molecule has 0 aliphatic rings. The maximum Gasteiger partial charge on any atom is 0.0716 e. The van der Waals surface area contributed by atoms with E-state index in [1.807, 2.05) is 0 Å². The van der Waals surface area contributed by atoms with Crippen molar-refractivity contribution in [2.75, 3.05) is 0 Å². The molecule has 0 fully saturated rings. The molecule has 0 bridgehead atoms. The molecule has 1 atom stereocenters. The predicted octanol–water partition coefficient (Wildman–Crippen LogP) is 4.15. The molecule has 0 rings (SSSR count). The highest BCUT2D eigenvalue weighted by atomic mass is 28.3. The first-order valence-electron chi connectivity index (χ1n) is 4.76. The molecule has 0 N–H and O–H groups in total. The van der Waals surface area contributed by atoms with Crippen LogP contribution in [0.1, 0.15) is 6.92 Å². The van der Waals surface area contributed by atoms with Gasteiger partial charge in [-0.3, -0.25) is 0 Å². The summed E-state index contributed by atoms with van der Waals surface area (Å²) in [6.07, 6.45) is 0. The molecule has 0 nitrogen and oxygen atoms in total. The summed E-state index contributed by atoms with van der Waals surface area (Å²) in [4.78, 5) is 0. The topological polar surface area (TPSA) is 0 Å². The summed E-state index contributed by atoms with van der Waals surface area (Å²) >= 11 is 0. The molecule has 72 valence electrons. The van der Waals surface area contributed by atoms with Crippen LogP contribution in [0.25, 0.3) is 0 Å². The van der Waals surface area contributed by atoms with E-state index in [4.69, 9.17) is 0 Å². The van der Waals surface area contributed by atoms with E-state index in [9.17, 15) is 0 Å². The minimum atomic E-state index is -1.09. The number of allylic oxidation sites excluding steroid dienone is 1. The summed E-state index contributed by atoms with van der Waals surface area (Å²) in [6.45, 7) is 21.1. The minimum Gasteiger partial charge on any atom is -0.104 e. The molecule has 12 heavy (non-hydrogen) atoms. The van der Waals surface area contributed by atoms with Crippen LogP contribution in [0.2, 0.25) is 44.8 Å². The van der Waals surface area contributed by atoms with Crippen LogP contribution < -0.4 is 0 Å². The van der Waals surface area contributed by atoms with E-state index in [1.165, 1.54) is 0 Å². The molecule has 0 aromatic heterocycles. The maximum atomic E-state index is 4.29. The Kier molecular flexibility index (Phi) is 3.55. The third kappa shape index (κ3) is 3.27. The van der Waals surface area contributed by atoms with Gasteiger partial charge in [0, 0.05) is 0 Å². The van der Waals surface area contributed by atoms with Crippen molar-refractivity contribution in [1.29, 1.82) is 0 Å². The average molecular weight is 200 g/mol. The molecule has 0 saturated carbocycles. The van der Waals surface area contributed by atoms with Gasteiger partial charge in [0.1, 0.15) is 0 Å². The van der Waals surface area contributed by atoms with E-state index in [1.54, 1.807) is 5.20 Å². The third-order valence-corrected chi connectivity index (χ3v) is 8.38. The zero-order valence-electron chi connectivity index (χ0n) is 9.78. The first-order chi connectivity index (χ1) is 5.07. The van der Waals surface area contributed by atoms with Crippen molar-refractivity contribution in [3.63, 3.8) is 0 Å². The molecule has 0 saturated heterocycles. The van der Waals surface area contributed by atoms with Gasteiger partial charge < -0.3 is 0 Å². The van der Waals surface area contributed by atoms with Crippen LogP contribution in [0.3, 0.4) is 0 Å². The van der Waals surface area contributed by atoms with Gasteiger partial charge in [0.15, 0.2) is 0 Å². The zero-order valence-corrected chi connectivity index (χ0v) is 11.8. The predicted molar refractivity (Wildman–Crippen MR) is 65.3 cm³/mol. The van der Waals surface area contributed by atoms with Crippen LogP contribution in [0.4, 0.5) is 0 Å². The van der Waals surface area contributed by atoms with Gasteiger partial charge in [-0.25, -0.2) is 0 Å². The second kappa shape index (κ2) is 3.50. The van der Waals surface area contributed by atoms with Crippen LogP contribution in [-0.2, 0) is 0 Å². The SMILES string of the molecule is C=C(C(C)[Si](C)(C)C)[Si](C)(C)C. The highest BCUT2D eigenvalue weighted by molar-refractivity contribution is 6.87. The first-order valence-corrected chi connectivity index (χ1v) is 11.8. The Bertz CT molecular complexity index is 169. The van der Waals surface area contributed by atoms with Gasteiger partial charge in [0.05, 0.1) is 16.1 Å². The summed E-state index contributed by atoms with van der Waals surface area (Å²) in [5.74, 6) is 0. The van der Waals surface area contributed by atoms with Gasteiger partial charge in [-0.05, 0) is 5.54 Å². The Balaban J connectivity index is 4.53. The first kappa shape index (κ1) is 12.2. The lowest BCUT2D eigenvalue weighted by atomic mass is 10.5. The van der Waals surface area contributed by atoms with E-state index in [0.29, 0.717) is 0 Å². The molecule has 0 aliphatic carbocycles. The summed E-state index contributed by atoms with van der Waals surface area (Å²) < 4.78 is 0. The summed E-state index contributed by atoms with van der Waals surface area (Å²) in [7, 11) is -2.09. The molecule has 0 aromatic carbocycles. The van der Waals surface area contributed by atoms with Crippen LogP contribution in [0, 0.1) is 0 Å². The number of rotatable bonds is 3. The molecule has 0 aliphatic heterocycles. The Morgan fingerprint density at radius 3 is 1.42 bits per heavy atom. The Morgan fingerprint density at radius 2 is 1.33 bits per heavy atom. The molecular formula is C10H24Si2. The molecule has 0 spiro atoms. The molecule has 0 radical (unpaired) electrons. The van der Waals surface area contributed by atoms with Gasteiger partial charge in [-0.1, -0.05) is 51.4 Å². The Morgan fingerprint density at radius 1 is 1.00 bits per heavy atom. The minimum absolute atomic E-state index is 0.782. The van der Waals surface area contributed by atoms with Gasteiger partial charge in [0.25, 0.3) is 0 Å². The molecular weight excluding hydrogens is 176 g/mol. The third-order valence-electron chi connectivity index (χ3n) is 2.79. The van der Waals surface area contributed by atoms with Crippen molar-refractivity contribution >= 4 is 16.1 Å². The monoisotopic (exact) mass is 200 g/mol. The van der Waals surface area contributed by atoms with E-state index >= 15 is 0 Å². The van der Waals surface area contributed by atoms with E-state index in [-0.39, 0.29) is 0 Å². The summed E-state index contributed by atoms with van der Waals surface area (Å²) in [5, 5.41) is 1.56. The fourth-order valence-electron chi connectivity index (χ4n) is 1.17. The number of hydrogen-bond donors (Lipinski definition) is 0. The van der Waals surface area contributed by atoms with Crippen LogP contribution in [0.15, 0.2) is 11.8 Å². The van der Waals surface area contributed by atoms with Gasteiger partial charge in [-0.2, -0.15) is 0 Å². The molecule has 0 amide bonds. The fraction of sp³-hybridized carbons (Fsp3) is 0.800. The van der Waals surface area contributed by atoms with Crippen molar-refractivity contribution in [3.05, 3.63) is 11.8 Å². The molecule has 1 unspecified atom stereocenters. The van der Waals surface area contributed by atoms with Gasteiger partial charge in [0.2, 0.25) is 0 Å². The van der Waals surface area contributed by atoms with Crippen molar-refractivity contribution in [1.82, 2.24) is 0 Å². The quantitative estimate of drug-likeness (QED) is 0.601.